The predicted molar refractivity (Wildman–Crippen MR) is 95.6 cm³/mol. The fraction of sp³-hybridized carbons (Fsp3) is 0.647. The number of carbonyl (C=O) groups excluding carboxylic acids is 2. The minimum atomic E-state index is -0.996. The molecule has 1 aliphatic heterocycles. The molecule has 1 aromatic heterocycles. The molecule has 2 rings (SSSR count). The number of carboxylic acids is 1. The van der Waals surface area contributed by atoms with E-state index in [-0.39, 0.29) is 24.4 Å². The van der Waals surface area contributed by atoms with Crippen LogP contribution in [-0.4, -0.2) is 57.3 Å². The molecule has 9 nitrogen and oxygen atoms in total. The number of nitrogens with one attached hydrogen (secondary N) is 2. The number of carbonyl (C=O) groups is 3. The summed E-state index contributed by atoms with van der Waals surface area (Å²) in [6.45, 7) is 5.74. The summed E-state index contributed by atoms with van der Waals surface area (Å²) in [5.41, 5.74) is 0. The SMILES string of the molecule is CC(C)CNC(=O)N1CCCC(CC(=O)Nc2ccn(CC(=O)O)n2)C1. The van der Waals surface area contributed by atoms with Crippen molar-refractivity contribution in [1.82, 2.24) is 20.0 Å². The highest BCUT2D eigenvalue weighted by Gasteiger charge is 2.25. The van der Waals surface area contributed by atoms with E-state index in [1.165, 1.54) is 10.9 Å². The maximum absolute atomic E-state index is 12.2. The predicted octanol–water partition coefficient (Wildman–Crippen LogP) is 1.37. The molecular formula is C17H27N5O4. The minimum absolute atomic E-state index is 0.0729. The third-order valence-corrected chi connectivity index (χ3v) is 4.15. The standard InChI is InChI=1S/C17H27N5O4/c1-12(2)9-18-17(26)21-6-3-4-13(10-21)8-15(23)19-14-5-7-22(20-14)11-16(24)25/h5,7,12-13H,3-4,6,8-11H2,1-2H3,(H,18,26)(H,24,25)(H,19,20,23). The highest BCUT2D eigenvalue weighted by molar-refractivity contribution is 5.89. The zero-order valence-electron chi connectivity index (χ0n) is 15.3. The zero-order chi connectivity index (χ0) is 19.1. The van der Waals surface area contributed by atoms with Crippen LogP contribution in [0.1, 0.15) is 33.1 Å². The van der Waals surface area contributed by atoms with Gasteiger partial charge in [-0.2, -0.15) is 5.10 Å². The van der Waals surface area contributed by atoms with Crippen molar-refractivity contribution in [3.63, 3.8) is 0 Å². The Morgan fingerprint density at radius 3 is 2.85 bits per heavy atom. The summed E-state index contributed by atoms with van der Waals surface area (Å²) in [4.78, 5) is 36.8. The normalized spacial score (nSPS) is 17.2. The van der Waals surface area contributed by atoms with E-state index in [9.17, 15) is 14.4 Å². The van der Waals surface area contributed by atoms with Gasteiger partial charge in [0.2, 0.25) is 5.91 Å². The molecule has 0 radical (unpaired) electrons. The maximum Gasteiger partial charge on any atom is 0.325 e. The molecule has 0 bridgehead atoms. The molecule has 0 aromatic carbocycles. The van der Waals surface area contributed by atoms with Gasteiger partial charge >= 0.3 is 12.0 Å². The van der Waals surface area contributed by atoms with E-state index in [2.05, 4.69) is 15.7 Å². The smallest absolute Gasteiger partial charge is 0.325 e. The fourth-order valence-electron chi connectivity index (χ4n) is 2.93. The van der Waals surface area contributed by atoms with Gasteiger partial charge in [0.15, 0.2) is 5.82 Å². The Balaban J connectivity index is 1.80. The molecule has 0 aliphatic carbocycles. The third-order valence-electron chi connectivity index (χ3n) is 4.15. The van der Waals surface area contributed by atoms with Gasteiger partial charge in [0.1, 0.15) is 6.54 Å². The maximum atomic E-state index is 12.2. The number of aromatic nitrogens is 2. The molecule has 3 amide bonds. The number of aliphatic carboxylic acids is 1. The molecular weight excluding hydrogens is 338 g/mol. The number of urea groups is 1. The van der Waals surface area contributed by atoms with Crippen molar-refractivity contribution in [3.8, 4) is 0 Å². The highest BCUT2D eigenvalue weighted by Crippen LogP contribution is 2.20. The summed E-state index contributed by atoms with van der Waals surface area (Å²) in [6, 6.07) is 1.49. The second-order valence-electron chi connectivity index (χ2n) is 7.08. The van der Waals surface area contributed by atoms with Crippen molar-refractivity contribution in [2.24, 2.45) is 11.8 Å². The van der Waals surface area contributed by atoms with E-state index >= 15 is 0 Å². The van der Waals surface area contributed by atoms with Crippen molar-refractivity contribution < 1.29 is 19.5 Å². The van der Waals surface area contributed by atoms with Crippen LogP contribution in [0.15, 0.2) is 12.3 Å². The molecule has 1 unspecified atom stereocenters. The van der Waals surface area contributed by atoms with E-state index in [1.54, 1.807) is 11.0 Å². The van der Waals surface area contributed by atoms with E-state index in [0.29, 0.717) is 37.8 Å². The first-order chi connectivity index (χ1) is 12.3. The van der Waals surface area contributed by atoms with Crippen LogP contribution in [0.3, 0.4) is 0 Å². The van der Waals surface area contributed by atoms with Crippen molar-refractivity contribution >= 4 is 23.7 Å². The van der Waals surface area contributed by atoms with Crippen LogP contribution in [0.25, 0.3) is 0 Å². The zero-order valence-corrected chi connectivity index (χ0v) is 15.3. The molecule has 1 aliphatic rings. The molecule has 9 heteroatoms. The monoisotopic (exact) mass is 365 g/mol. The Hall–Kier alpha value is -2.58. The van der Waals surface area contributed by atoms with E-state index in [1.807, 2.05) is 13.8 Å². The fourth-order valence-corrected chi connectivity index (χ4v) is 2.93. The van der Waals surface area contributed by atoms with Crippen LogP contribution >= 0.6 is 0 Å². The lowest BCUT2D eigenvalue weighted by Crippen LogP contribution is -2.46. The number of amides is 3. The minimum Gasteiger partial charge on any atom is -0.480 e. The molecule has 1 atom stereocenters. The quantitative estimate of drug-likeness (QED) is 0.675. The third kappa shape index (κ3) is 6.38. The van der Waals surface area contributed by atoms with Crippen molar-refractivity contribution in [1.29, 1.82) is 0 Å². The van der Waals surface area contributed by atoms with Gasteiger partial charge in [-0.25, -0.2) is 4.79 Å². The number of nitrogens with zero attached hydrogens (tertiary/aromatic N) is 3. The second kappa shape index (κ2) is 9.21. The lowest BCUT2D eigenvalue weighted by atomic mass is 9.94. The molecule has 1 fully saturated rings. The first kappa shape index (κ1) is 19.7. The van der Waals surface area contributed by atoms with Gasteiger partial charge in [-0.05, 0) is 24.7 Å². The van der Waals surface area contributed by atoms with Gasteiger partial charge in [0.05, 0.1) is 0 Å². The summed E-state index contributed by atoms with van der Waals surface area (Å²) in [6.07, 6.45) is 3.58. The molecule has 3 N–H and O–H groups in total. The number of likely N-dealkylation sites (tertiary alicyclic amines) is 1. The van der Waals surface area contributed by atoms with Crippen LogP contribution < -0.4 is 10.6 Å². The Labute approximate surface area is 152 Å². The van der Waals surface area contributed by atoms with Gasteiger partial charge in [-0.1, -0.05) is 13.8 Å². The summed E-state index contributed by atoms with van der Waals surface area (Å²) in [5.74, 6) is -0.344. The van der Waals surface area contributed by atoms with Crippen LogP contribution in [0.5, 0.6) is 0 Å². The Morgan fingerprint density at radius 1 is 1.38 bits per heavy atom. The number of rotatable bonds is 7. The van der Waals surface area contributed by atoms with E-state index in [0.717, 1.165) is 12.8 Å². The molecule has 2 heterocycles. The van der Waals surface area contributed by atoms with E-state index in [4.69, 9.17) is 5.11 Å². The Bertz CT molecular complexity index is 643. The van der Waals surface area contributed by atoms with Crippen molar-refractivity contribution in [3.05, 3.63) is 12.3 Å². The van der Waals surface area contributed by atoms with Crippen LogP contribution in [0, 0.1) is 11.8 Å². The summed E-state index contributed by atoms with van der Waals surface area (Å²) < 4.78 is 1.25. The van der Waals surface area contributed by atoms with Crippen molar-refractivity contribution in [2.45, 2.75) is 39.7 Å². The van der Waals surface area contributed by atoms with Crippen LogP contribution in [-0.2, 0) is 16.1 Å². The molecule has 1 aromatic rings. The Morgan fingerprint density at radius 2 is 2.15 bits per heavy atom. The van der Waals surface area contributed by atoms with E-state index < -0.39 is 5.97 Å². The molecule has 0 spiro atoms. The lowest BCUT2D eigenvalue weighted by molar-refractivity contribution is -0.137. The first-order valence-corrected chi connectivity index (χ1v) is 8.91. The van der Waals surface area contributed by atoms with Gasteiger partial charge in [-0.15, -0.1) is 0 Å². The second-order valence-corrected chi connectivity index (χ2v) is 7.08. The number of hydrogen-bond donors (Lipinski definition) is 3. The Kier molecular flexibility index (Phi) is 6.99. The molecule has 26 heavy (non-hydrogen) atoms. The van der Waals surface area contributed by atoms with Gasteiger partial charge in [-0.3, -0.25) is 14.3 Å². The molecule has 144 valence electrons. The average molecular weight is 365 g/mol. The summed E-state index contributed by atoms with van der Waals surface area (Å²) >= 11 is 0. The van der Waals surface area contributed by atoms with Gasteiger partial charge in [0, 0.05) is 38.3 Å². The van der Waals surface area contributed by atoms with Gasteiger partial charge in [0.25, 0.3) is 0 Å². The number of hydrogen-bond acceptors (Lipinski definition) is 4. The first-order valence-electron chi connectivity index (χ1n) is 8.91. The largest absolute Gasteiger partial charge is 0.480 e. The number of piperidine rings is 1. The van der Waals surface area contributed by atoms with Crippen LogP contribution in [0.2, 0.25) is 0 Å². The highest BCUT2D eigenvalue weighted by atomic mass is 16.4. The summed E-state index contributed by atoms with van der Waals surface area (Å²) in [7, 11) is 0. The summed E-state index contributed by atoms with van der Waals surface area (Å²) in [5, 5.41) is 18.3. The topological polar surface area (TPSA) is 117 Å². The lowest BCUT2D eigenvalue weighted by Gasteiger charge is -2.32. The number of anilines is 1. The number of carboxylic acid groups (broad SMARTS) is 1. The van der Waals surface area contributed by atoms with Crippen LogP contribution in [0.4, 0.5) is 10.6 Å². The molecule has 1 saturated heterocycles. The average Bonchev–Trinajstić information content (AvgIpc) is 2.98. The molecule has 0 saturated carbocycles. The van der Waals surface area contributed by atoms with Gasteiger partial charge < -0.3 is 20.6 Å². The van der Waals surface area contributed by atoms with Crippen molar-refractivity contribution in [2.75, 3.05) is 25.0 Å².